The zero-order valence-corrected chi connectivity index (χ0v) is 14.1. The first-order valence-corrected chi connectivity index (χ1v) is 8.78. The molecule has 1 aromatic carbocycles. The number of rotatable bonds is 6. The van der Waals surface area contributed by atoms with E-state index in [4.69, 9.17) is 9.72 Å². The van der Waals surface area contributed by atoms with E-state index in [1.807, 2.05) is 18.3 Å². The molecule has 2 aromatic rings. The fourth-order valence-corrected chi connectivity index (χ4v) is 3.21. The van der Waals surface area contributed by atoms with Crippen molar-refractivity contribution in [2.24, 2.45) is 0 Å². The van der Waals surface area contributed by atoms with Gasteiger partial charge >= 0.3 is 0 Å². The Kier molecular flexibility index (Phi) is 4.34. The zero-order valence-electron chi connectivity index (χ0n) is 14.1. The van der Waals surface area contributed by atoms with Gasteiger partial charge < -0.3 is 15.4 Å². The van der Waals surface area contributed by atoms with Gasteiger partial charge in [-0.3, -0.25) is 0 Å². The van der Waals surface area contributed by atoms with E-state index in [2.05, 4.69) is 27.8 Å². The maximum Gasteiger partial charge on any atom is 0.223 e. The molecular weight excluding hydrogens is 300 g/mol. The summed E-state index contributed by atoms with van der Waals surface area (Å²) in [6, 6.07) is 9.31. The summed E-state index contributed by atoms with van der Waals surface area (Å²) in [5, 5.41) is 7.05. The molecule has 0 bridgehead atoms. The van der Waals surface area contributed by atoms with Crippen LogP contribution in [0.1, 0.15) is 36.1 Å². The normalized spacial score (nSPS) is 19.6. The van der Waals surface area contributed by atoms with Gasteiger partial charge in [-0.2, -0.15) is 0 Å². The minimum absolute atomic E-state index is 0.481. The summed E-state index contributed by atoms with van der Waals surface area (Å²) in [7, 11) is 1.71. The van der Waals surface area contributed by atoms with Crippen molar-refractivity contribution in [1.29, 1.82) is 0 Å². The van der Waals surface area contributed by atoms with E-state index in [1.165, 1.54) is 29.7 Å². The number of methoxy groups -OCH3 is 1. The van der Waals surface area contributed by atoms with Crippen molar-refractivity contribution in [2.45, 2.75) is 50.7 Å². The lowest BCUT2D eigenvalue weighted by Gasteiger charge is -2.25. The zero-order chi connectivity index (χ0) is 16.4. The van der Waals surface area contributed by atoms with E-state index in [1.54, 1.807) is 7.11 Å². The molecule has 0 saturated heterocycles. The molecule has 5 nitrogen and oxygen atoms in total. The van der Waals surface area contributed by atoms with E-state index < -0.39 is 0 Å². The van der Waals surface area contributed by atoms with Crippen LogP contribution in [0.4, 0.5) is 5.95 Å². The molecule has 1 atom stereocenters. The quantitative estimate of drug-likeness (QED) is 0.855. The molecule has 24 heavy (non-hydrogen) atoms. The van der Waals surface area contributed by atoms with Gasteiger partial charge in [-0.15, -0.1) is 0 Å². The fourth-order valence-electron chi connectivity index (χ4n) is 3.21. The summed E-state index contributed by atoms with van der Waals surface area (Å²) in [5.74, 6) is 1.71. The summed E-state index contributed by atoms with van der Waals surface area (Å²) in [6.07, 6.45) is 7.65. The molecule has 1 aromatic heterocycles. The molecule has 0 aliphatic heterocycles. The van der Waals surface area contributed by atoms with Gasteiger partial charge in [0.2, 0.25) is 5.95 Å². The molecule has 2 aliphatic carbocycles. The van der Waals surface area contributed by atoms with Crippen LogP contribution in [0.2, 0.25) is 0 Å². The first-order valence-electron chi connectivity index (χ1n) is 8.78. The Morgan fingerprint density at radius 1 is 1.21 bits per heavy atom. The predicted octanol–water partition coefficient (Wildman–Crippen LogP) is 2.71. The van der Waals surface area contributed by atoms with Gasteiger partial charge in [0.15, 0.2) is 0 Å². The molecule has 1 heterocycles. The second-order valence-electron chi connectivity index (χ2n) is 6.76. The Morgan fingerprint density at radius 2 is 2.12 bits per heavy atom. The summed E-state index contributed by atoms with van der Waals surface area (Å²) in [4.78, 5) is 9.18. The van der Waals surface area contributed by atoms with Crippen LogP contribution in [0, 0.1) is 0 Å². The third-order valence-corrected chi connectivity index (χ3v) is 4.79. The number of ether oxygens (including phenoxy) is 1. The number of nitrogens with zero attached hydrogens (tertiary/aromatic N) is 2. The standard InChI is InChI=1S/C19H24N4O/c1-24-17-4-2-3-13(9-17)11-20-16-7-8-18-14(10-16)12-21-19(23-18)22-15-5-6-15/h2-4,9,12,15-16,20H,5-8,10-11H2,1H3,(H,21,22,23). The van der Waals surface area contributed by atoms with Gasteiger partial charge in [0.1, 0.15) is 5.75 Å². The Morgan fingerprint density at radius 3 is 2.96 bits per heavy atom. The first kappa shape index (κ1) is 15.4. The van der Waals surface area contributed by atoms with Gasteiger partial charge in [0.05, 0.1) is 7.11 Å². The molecule has 0 amide bonds. The average molecular weight is 324 g/mol. The molecule has 126 valence electrons. The van der Waals surface area contributed by atoms with E-state index in [-0.39, 0.29) is 0 Å². The molecular formula is C19H24N4O. The smallest absolute Gasteiger partial charge is 0.223 e. The number of anilines is 1. The van der Waals surface area contributed by atoms with Gasteiger partial charge in [-0.1, -0.05) is 12.1 Å². The molecule has 1 saturated carbocycles. The van der Waals surface area contributed by atoms with Crippen LogP contribution in [-0.4, -0.2) is 29.2 Å². The Balaban J connectivity index is 1.35. The Bertz CT molecular complexity index is 714. The van der Waals surface area contributed by atoms with E-state index in [0.29, 0.717) is 12.1 Å². The van der Waals surface area contributed by atoms with Crippen LogP contribution in [-0.2, 0) is 19.4 Å². The SMILES string of the molecule is COc1cccc(CNC2CCc3nc(NC4CC4)ncc3C2)c1. The Hall–Kier alpha value is -2.14. The molecule has 0 spiro atoms. The molecule has 2 aliphatic rings. The van der Waals surface area contributed by atoms with Gasteiger partial charge in [0, 0.05) is 30.5 Å². The number of hydrogen-bond acceptors (Lipinski definition) is 5. The number of benzene rings is 1. The lowest BCUT2D eigenvalue weighted by molar-refractivity contribution is 0.413. The minimum Gasteiger partial charge on any atom is -0.497 e. The number of aryl methyl sites for hydroxylation is 1. The van der Waals surface area contributed by atoms with E-state index >= 15 is 0 Å². The van der Waals surface area contributed by atoms with Crippen LogP contribution in [0.25, 0.3) is 0 Å². The summed E-state index contributed by atoms with van der Waals surface area (Å²) in [6.45, 7) is 0.860. The largest absolute Gasteiger partial charge is 0.497 e. The number of aromatic nitrogens is 2. The van der Waals surface area contributed by atoms with Crippen molar-refractivity contribution in [1.82, 2.24) is 15.3 Å². The van der Waals surface area contributed by atoms with Crippen molar-refractivity contribution in [3.63, 3.8) is 0 Å². The van der Waals surface area contributed by atoms with Crippen molar-refractivity contribution >= 4 is 5.95 Å². The highest BCUT2D eigenvalue weighted by molar-refractivity contribution is 5.34. The average Bonchev–Trinajstić information content (AvgIpc) is 3.44. The molecule has 1 unspecified atom stereocenters. The fraction of sp³-hybridized carbons (Fsp3) is 0.474. The maximum absolute atomic E-state index is 5.29. The van der Waals surface area contributed by atoms with Crippen LogP contribution >= 0.6 is 0 Å². The van der Waals surface area contributed by atoms with Crippen molar-refractivity contribution in [3.8, 4) is 5.75 Å². The lowest BCUT2D eigenvalue weighted by Crippen LogP contribution is -2.34. The van der Waals surface area contributed by atoms with E-state index in [9.17, 15) is 0 Å². The highest BCUT2D eigenvalue weighted by Crippen LogP contribution is 2.25. The summed E-state index contributed by atoms with van der Waals surface area (Å²) < 4.78 is 5.29. The van der Waals surface area contributed by atoms with Crippen LogP contribution in [0.15, 0.2) is 30.5 Å². The number of nitrogens with one attached hydrogen (secondary N) is 2. The molecule has 1 fully saturated rings. The number of fused-ring (bicyclic) bond motifs is 1. The topological polar surface area (TPSA) is 59.1 Å². The van der Waals surface area contributed by atoms with Crippen molar-refractivity contribution < 1.29 is 4.74 Å². The molecule has 4 rings (SSSR count). The van der Waals surface area contributed by atoms with Gasteiger partial charge in [-0.25, -0.2) is 9.97 Å². The van der Waals surface area contributed by atoms with Crippen molar-refractivity contribution in [3.05, 3.63) is 47.3 Å². The lowest BCUT2D eigenvalue weighted by atomic mass is 9.92. The second kappa shape index (κ2) is 6.77. The first-order chi connectivity index (χ1) is 11.8. The number of hydrogen-bond donors (Lipinski definition) is 2. The Labute approximate surface area is 142 Å². The van der Waals surface area contributed by atoms with Crippen LogP contribution in [0.3, 0.4) is 0 Å². The predicted molar refractivity (Wildman–Crippen MR) is 94.3 cm³/mol. The molecule has 0 radical (unpaired) electrons. The maximum atomic E-state index is 5.29. The van der Waals surface area contributed by atoms with Gasteiger partial charge in [0.25, 0.3) is 0 Å². The minimum atomic E-state index is 0.481. The second-order valence-corrected chi connectivity index (χ2v) is 6.76. The third-order valence-electron chi connectivity index (χ3n) is 4.79. The van der Waals surface area contributed by atoms with E-state index in [0.717, 1.165) is 37.5 Å². The van der Waals surface area contributed by atoms with Gasteiger partial charge in [-0.05, 0) is 55.4 Å². The summed E-state index contributed by atoms with van der Waals surface area (Å²) in [5.41, 5.74) is 3.75. The highest BCUT2D eigenvalue weighted by Gasteiger charge is 2.24. The highest BCUT2D eigenvalue weighted by atomic mass is 16.5. The molecule has 5 heteroatoms. The molecule has 2 N–H and O–H groups in total. The third kappa shape index (κ3) is 3.67. The van der Waals surface area contributed by atoms with Crippen molar-refractivity contribution in [2.75, 3.05) is 12.4 Å². The summed E-state index contributed by atoms with van der Waals surface area (Å²) >= 11 is 0. The van der Waals surface area contributed by atoms with Crippen LogP contribution < -0.4 is 15.4 Å². The van der Waals surface area contributed by atoms with Crippen LogP contribution in [0.5, 0.6) is 5.75 Å². The monoisotopic (exact) mass is 324 g/mol.